The molecule has 0 saturated heterocycles. The summed E-state index contributed by atoms with van der Waals surface area (Å²) in [6, 6.07) is 0. The van der Waals surface area contributed by atoms with Crippen LogP contribution in [0.1, 0.15) is 142 Å². The van der Waals surface area contributed by atoms with E-state index in [-0.39, 0.29) is 35.5 Å². The topological polar surface area (TPSA) is 26.3 Å². The SMILES string of the molecule is CCCCCCCCCCCCCCCCCC(=O)OCCCCCC.[NaH]. The quantitative estimate of drug-likeness (QED) is 0.113. The maximum atomic E-state index is 11.6. The normalized spacial score (nSPS) is 10.6. The molecule has 0 aromatic heterocycles. The molecule has 158 valence electrons. The van der Waals surface area contributed by atoms with E-state index in [0.717, 1.165) is 12.8 Å². The zero-order valence-electron chi connectivity index (χ0n) is 18.2. The molecule has 0 spiro atoms. The van der Waals surface area contributed by atoms with Crippen molar-refractivity contribution in [2.75, 3.05) is 6.61 Å². The summed E-state index contributed by atoms with van der Waals surface area (Å²) >= 11 is 0. The number of ether oxygens (including phenoxy) is 1. The molecule has 0 aliphatic rings. The van der Waals surface area contributed by atoms with Gasteiger partial charge in [-0.2, -0.15) is 0 Å². The van der Waals surface area contributed by atoms with Gasteiger partial charge in [0, 0.05) is 6.42 Å². The Morgan fingerprint density at radius 1 is 0.519 bits per heavy atom. The Kier molecular flexibility index (Phi) is 29.1. The van der Waals surface area contributed by atoms with E-state index >= 15 is 0 Å². The Morgan fingerprint density at radius 2 is 0.852 bits per heavy atom. The van der Waals surface area contributed by atoms with Crippen molar-refractivity contribution < 1.29 is 9.53 Å². The summed E-state index contributed by atoms with van der Waals surface area (Å²) < 4.78 is 5.27. The molecular formula is C24H49NaO2. The number of carbonyl (C=O) groups is 1. The predicted octanol–water partition coefficient (Wildman–Crippen LogP) is 7.72. The first-order valence-corrected chi connectivity index (χ1v) is 12.0. The summed E-state index contributed by atoms with van der Waals surface area (Å²) in [5, 5.41) is 0. The van der Waals surface area contributed by atoms with E-state index in [1.54, 1.807) is 0 Å². The van der Waals surface area contributed by atoms with E-state index in [4.69, 9.17) is 4.74 Å². The number of unbranched alkanes of at least 4 members (excludes halogenated alkanes) is 17. The molecular weight excluding hydrogens is 343 g/mol. The first kappa shape index (κ1) is 29.7. The third-order valence-electron chi connectivity index (χ3n) is 5.25. The molecule has 0 aliphatic heterocycles. The van der Waals surface area contributed by atoms with Crippen molar-refractivity contribution in [2.24, 2.45) is 0 Å². The molecule has 0 saturated carbocycles. The number of hydrogen-bond acceptors (Lipinski definition) is 2. The first-order valence-electron chi connectivity index (χ1n) is 12.0. The summed E-state index contributed by atoms with van der Waals surface area (Å²) in [5.74, 6) is 0.0104. The minimum atomic E-state index is 0. The van der Waals surface area contributed by atoms with Crippen molar-refractivity contribution >= 4 is 35.5 Å². The monoisotopic (exact) mass is 392 g/mol. The maximum absolute atomic E-state index is 11.6. The summed E-state index contributed by atoms with van der Waals surface area (Å²) in [6.07, 6.45) is 25.7. The van der Waals surface area contributed by atoms with Crippen LogP contribution < -0.4 is 0 Å². The number of carbonyl (C=O) groups excluding carboxylic acids is 1. The van der Waals surface area contributed by atoms with Crippen molar-refractivity contribution in [1.29, 1.82) is 0 Å². The van der Waals surface area contributed by atoms with Gasteiger partial charge in [-0.25, -0.2) is 0 Å². The fourth-order valence-corrected chi connectivity index (χ4v) is 3.43. The minimum absolute atomic E-state index is 0. The van der Waals surface area contributed by atoms with Gasteiger partial charge < -0.3 is 4.74 Å². The van der Waals surface area contributed by atoms with E-state index in [1.165, 1.54) is 109 Å². The zero-order valence-corrected chi connectivity index (χ0v) is 18.2. The summed E-state index contributed by atoms with van der Waals surface area (Å²) in [4.78, 5) is 11.6. The van der Waals surface area contributed by atoms with Crippen molar-refractivity contribution in [2.45, 2.75) is 142 Å². The van der Waals surface area contributed by atoms with E-state index < -0.39 is 0 Å². The Hall–Kier alpha value is 0.470. The van der Waals surface area contributed by atoms with Gasteiger partial charge in [0.1, 0.15) is 0 Å². The van der Waals surface area contributed by atoms with Crippen molar-refractivity contribution in [1.82, 2.24) is 0 Å². The van der Waals surface area contributed by atoms with Crippen LogP contribution in [0.3, 0.4) is 0 Å². The average Bonchev–Trinajstić information content (AvgIpc) is 2.64. The van der Waals surface area contributed by atoms with Crippen LogP contribution in [-0.2, 0) is 9.53 Å². The molecule has 3 heteroatoms. The molecule has 0 rings (SSSR count). The zero-order chi connectivity index (χ0) is 19.1. The molecule has 0 aliphatic carbocycles. The average molecular weight is 393 g/mol. The summed E-state index contributed by atoms with van der Waals surface area (Å²) in [7, 11) is 0. The van der Waals surface area contributed by atoms with Gasteiger partial charge in [-0.3, -0.25) is 4.79 Å². The van der Waals surface area contributed by atoms with Crippen LogP contribution >= 0.6 is 0 Å². The van der Waals surface area contributed by atoms with Crippen LogP contribution in [0.4, 0.5) is 0 Å². The standard InChI is InChI=1S/C24H48O2.Na.H/c1-3-5-7-9-10-11-12-13-14-15-16-17-18-19-20-22-24(25)26-23-21-8-6-4-2;;/h3-23H2,1-2H3;;. The van der Waals surface area contributed by atoms with Gasteiger partial charge in [-0.15, -0.1) is 0 Å². The van der Waals surface area contributed by atoms with Gasteiger partial charge in [0.05, 0.1) is 6.61 Å². The third-order valence-corrected chi connectivity index (χ3v) is 5.25. The van der Waals surface area contributed by atoms with Crippen molar-refractivity contribution in [3.8, 4) is 0 Å². The summed E-state index contributed by atoms with van der Waals surface area (Å²) in [5.41, 5.74) is 0. The molecule has 0 N–H and O–H groups in total. The molecule has 0 unspecified atom stereocenters. The number of esters is 1. The van der Waals surface area contributed by atoms with E-state index in [9.17, 15) is 4.79 Å². The molecule has 2 nitrogen and oxygen atoms in total. The van der Waals surface area contributed by atoms with Crippen LogP contribution in [0.25, 0.3) is 0 Å². The molecule has 0 amide bonds. The Morgan fingerprint density at radius 3 is 1.26 bits per heavy atom. The van der Waals surface area contributed by atoms with E-state index in [2.05, 4.69) is 13.8 Å². The van der Waals surface area contributed by atoms with Crippen LogP contribution in [-0.4, -0.2) is 42.1 Å². The van der Waals surface area contributed by atoms with Gasteiger partial charge >= 0.3 is 35.5 Å². The van der Waals surface area contributed by atoms with Crippen LogP contribution in [0, 0.1) is 0 Å². The third kappa shape index (κ3) is 26.5. The number of hydrogen-bond donors (Lipinski definition) is 0. The van der Waals surface area contributed by atoms with Crippen LogP contribution in [0.5, 0.6) is 0 Å². The molecule has 0 heterocycles. The van der Waals surface area contributed by atoms with Crippen LogP contribution in [0.15, 0.2) is 0 Å². The fraction of sp³-hybridized carbons (Fsp3) is 0.958. The Labute approximate surface area is 193 Å². The molecule has 0 bridgehead atoms. The second-order valence-electron chi connectivity index (χ2n) is 7.98. The van der Waals surface area contributed by atoms with Crippen molar-refractivity contribution in [3.63, 3.8) is 0 Å². The second kappa shape index (κ2) is 26.5. The van der Waals surface area contributed by atoms with Gasteiger partial charge in [0.2, 0.25) is 0 Å². The Balaban J connectivity index is 0. The Bertz CT molecular complexity index is 282. The number of rotatable bonds is 21. The molecule has 0 fully saturated rings. The fourth-order valence-electron chi connectivity index (χ4n) is 3.43. The molecule has 0 aromatic rings. The molecule has 0 aromatic carbocycles. The van der Waals surface area contributed by atoms with E-state index in [0.29, 0.717) is 13.0 Å². The van der Waals surface area contributed by atoms with Crippen LogP contribution in [0.2, 0.25) is 0 Å². The van der Waals surface area contributed by atoms with E-state index in [1.807, 2.05) is 0 Å². The molecule has 0 atom stereocenters. The van der Waals surface area contributed by atoms with Gasteiger partial charge in [-0.05, 0) is 12.8 Å². The molecule has 0 radical (unpaired) electrons. The van der Waals surface area contributed by atoms with Gasteiger partial charge in [-0.1, -0.05) is 123 Å². The van der Waals surface area contributed by atoms with Crippen molar-refractivity contribution in [3.05, 3.63) is 0 Å². The second-order valence-corrected chi connectivity index (χ2v) is 7.98. The van der Waals surface area contributed by atoms with Gasteiger partial charge in [0.25, 0.3) is 0 Å². The predicted molar refractivity (Wildman–Crippen MR) is 122 cm³/mol. The molecule has 27 heavy (non-hydrogen) atoms. The summed E-state index contributed by atoms with van der Waals surface area (Å²) in [6.45, 7) is 5.10. The first-order chi connectivity index (χ1) is 12.8. The van der Waals surface area contributed by atoms with Gasteiger partial charge in [0.15, 0.2) is 0 Å².